The molecule has 0 aliphatic carbocycles. The number of anilines is 1. The van der Waals surface area contributed by atoms with Crippen LogP contribution in [0.15, 0.2) is 12.3 Å². The highest BCUT2D eigenvalue weighted by atomic mass is 16.2. The Bertz CT molecular complexity index is 442. The molecule has 1 fully saturated rings. The van der Waals surface area contributed by atoms with Crippen LogP contribution in [-0.4, -0.2) is 29.0 Å². The van der Waals surface area contributed by atoms with Crippen LogP contribution in [0.5, 0.6) is 0 Å². The van der Waals surface area contributed by atoms with Crippen LogP contribution in [0, 0.1) is 0 Å². The van der Waals surface area contributed by atoms with Crippen LogP contribution >= 0.6 is 0 Å². The first-order valence-corrected chi connectivity index (χ1v) is 5.55. The average Bonchev–Trinajstić information content (AvgIpc) is 2.61. The molecule has 0 radical (unpaired) electrons. The van der Waals surface area contributed by atoms with Crippen molar-refractivity contribution in [3.63, 3.8) is 0 Å². The van der Waals surface area contributed by atoms with Gasteiger partial charge in [-0.3, -0.25) is 9.59 Å². The Morgan fingerprint density at radius 1 is 1.65 bits per heavy atom. The van der Waals surface area contributed by atoms with Crippen LogP contribution in [0.25, 0.3) is 0 Å². The van der Waals surface area contributed by atoms with E-state index >= 15 is 0 Å². The SMILES string of the molecule is Cn1cc(N)cc1C(=O)NC1CCC(=O)NC1. The third-order valence-corrected chi connectivity index (χ3v) is 2.86. The highest BCUT2D eigenvalue weighted by Crippen LogP contribution is 2.10. The van der Waals surface area contributed by atoms with Crippen molar-refractivity contribution in [1.29, 1.82) is 0 Å². The summed E-state index contributed by atoms with van der Waals surface area (Å²) in [6, 6.07) is 1.63. The zero-order valence-electron chi connectivity index (χ0n) is 9.69. The molecule has 1 saturated heterocycles. The van der Waals surface area contributed by atoms with Gasteiger partial charge in [0.25, 0.3) is 5.91 Å². The van der Waals surface area contributed by atoms with Crippen LogP contribution in [0.2, 0.25) is 0 Å². The number of nitrogens with zero attached hydrogens (tertiary/aromatic N) is 1. The minimum atomic E-state index is -0.162. The number of hydrogen-bond acceptors (Lipinski definition) is 3. The van der Waals surface area contributed by atoms with Crippen LogP contribution in [-0.2, 0) is 11.8 Å². The van der Waals surface area contributed by atoms with Crippen molar-refractivity contribution in [2.75, 3.05) is 12.3 Å². The van der Waals surface area contributed by atoms with E-state index in [2.05, 4.69) is 10.6 Å². The van der Waals surface area contributed by atoms with Crippen LogP contribution in [0.4, 0.5) is 5.69 Å². The number of nitrogens with two attached hydrogens (primary N) is 1. The van der Waals surface area contributed by atoms with Crippen molar-refractivity contribution in [3.8, 4) is 0 Å². The van der Waals surface area contributed by atoms with E-state index in [-0.39, 0.29) is 17.9 Å². The molecule has 92 valence electrons. The van der Waals surface area contributed by atoms with Crippen molar-refractivity contribution in [3.05, 3.63) is 18.0 Å². The molecule has 17 heavy (non-hydrogen) atoms. The number of carbonyl (C=O) groups is 2. The van der Waals surface area contributed by atoms with Gasteiger partial charge in [-0.05, 0) is 12.5 Å². The number of hydrogen-bond donors (Lipinski definition) is 3. The van der Waals surface area contributed by atoms with Crippen LogP contribution < -0.4 is 16.4 Å². The Morgan fingerprint density at radius 3 is 2.94 bits per heavy atom. The summed E-state index contributed by atoms with van der Waals surface area (Å²) >= 11 is 0. The Labute approximate surface area is 99.2 Å². The smallest absolute Gasteiger partial charge is 0.268 e. The number of amides is 2. The maximum atomic E-state index is 11.9. The molecule has 1 aromatic heterocycles. The van der Waals surface area contributed by atoms with E-state index in [1.807, 2.05) is 0 Å². The van der Waals surface area contributed by atoms with Gasteiger partial charge in [0.15, 0.2) is 0 Å². The molecule has 1 unspecified atom stereocenters. The standard InChI is InChI=1S/C11H16N4O2/c1-15-6-7(12)4-9(15)11(17)14-8-2-3-10(16)13-5-8/h4,6,8H,2-3,5,12H2,1H3,(H,13,16)(H,14,17). The Morgan fingerprint density at radius 2 is 2.41 bits per heavy atom. The normalized spacial score (nSPS) is 19.8. The highest BCUT2D eigenvalue weighted by molar-refractivity contribution is 5.94. The van der Waals surface area contributed by atoms with Crippen molar-refractivity contribution >= 4 is 17.5 Å². The number of piperidine rings is 1. The van der Waals surface area contributed by atoms with Crippen LogP contribution in [0.1, 0.15) is 23.3 Å². The molecular weight excluding hydrogens is 220 g/mol. The summed E-state index contributed by atoms with van der Waals surface area (Å²) in [6.07, 6.45) is 2.83. The summed E-state index contributed by atoms with van der Waals surface area (Å²) in [5, 5.41) is 5.60. The van der Waals surface area contributed by atoms with E-state index < -0.39 is 0 Å². The predicted octanol–water partition coefficient (Wildman–Crippen LogP) is -0.384. The molecule has 1 aromatic rings. The molecule has 0 spiro atoms. The van der Waals surface area contributed by atoms with E-state index in [4.69, 9.17) is 5.73 Å². The number of nitrogens with one attached hydrogen (secondary N) is 2. The van der Waals surface area contributed by atoms with Gasteiger partial charge in [-0.25, -0.2) is 0 Å². The van der Waals surface area contributed by atoms with Gasteiger partial charge >= 0.3 is 0 Å². The Hall–Kier alpha value is -1.98. The first-order chi connectivity index (χ1) is 8.06. The molecule has 0 aromatic carbocycles. The number of rotatable bonds is 2. The third kappa shape index (κ3) is 2.58. The lowest BCUT2D eigenvalue weighted by molar-refractivity contribution is -0.122. The maximum Gasteiger partial charge on any atom is 0.268 e. The zero-order chi connectivity index (χ0) is 12.4. The fraction of sp³-hybridized carbons (Fsp3) is 0.455. The summed E-state index contributed by atoms with van der Waals surface area (Å²) in [4.78, 5) is 22.9. The minimum absolute atomic E-state index is 0.00340. The van der Waals surface area contributed by atoms with Gasteiger partial charge in [0, 0.05) is 32.3 Å². The summed E-state index contributed by atoms with van der Waals surface area (Å²) in [5.74, 6) is -0.121. The molecule has 1 aliphatic heterocycles. The Balaban J connectivity index is 1.97. The fourth-order valence-electron chi connectivity index (χ4n) is 1.93. The van der Waals surface area contributed by atoms with Gasteiger partial charge in [-0.1, -0.05) is 0 Å². The monoisotopic (exact) mass is 236 g/mol. The van der Waals surface area contributed by atoms with E-state index in [1.54, 1.807) is 23.9 Å². The van der Waals surface area contributed by atoms with E-state index in [9.17, 15) is 9.59 Å². The van der Waals surface area contributed by atoms with Crippen molar-refractivity contribution in [2.24, 2.45) is 7.05 Å². The number of aromatic nitrogens is 1. The van der Waals surface area contributed by atoms with Gasteiger partial charge in [-0.15, -0.1) is 0 Å². The number of nitrogen functional groups attached to an aromatic ring is 1. The maximum absolute atomic E-state index is 11.9. The van der Waals surface area contributed by atoms with Crippen molar-refractivity contribution < 1.29 is 9.59 Å². The van der Waals surface area contributed by atoms with Gasteiger partial charge < -0.3 is 20.9 Å². The second kappa shape index (κ2) is 4.48. The summed E-state index contributed by atoms with van der Waals surface area (Å²) in [7, 11) is 1.77. The van der Waals surface area contributed by atoms with Gasteiger partial charge in [-0.2, -0.15) is 0 Å². The molecule has 2 heterocycles. The molecule has 6 heteroatoms. The topological polar surface area (TPSA) is 89.2 Å². The molecular formula is C11H16N4O2. The van der Waals surface area contributed by atoms with Crippen molar-refractivity contribution in [2.45, 2.75) is 18.9 Å². The summed E-state index contributed by atoms with van der Waals surface area (Å²) in [5.41, 5.74) is 6.70. The molecule has 0 bridgehead atoms. The van der Waals surface area contributed by atoms with Gasteiger partial charge in [0.1, 0.15) is 5.69 Å². The minimum Gasteiger partial charge on any atom is -0.397 e. The molecule has 2 rings (SSSR count). The molecule has 6 nitrogen and oxygen atoms in total. The second-order valence-corrected chi connectivity index (χ2v) is 4.28. The Kier molecular flexibility index (Phi) is 3.03. The lowest BCUT2D eigenvalue weighted by Gasteiger charge is -2.23. The highest BCUT2D eigenvalue weighted by Gasteiger charge is 2.21. The van der Waals surface area contributed by atoms with E-state index in [0.29, 0.717) is 30.8 Å². The predicted molar refractivity (Wildman–Crippen MR) is 63.3 cm³/mol. The largest absolute Gasteiger partial charge is 0.397 e. The first-order valence-electron chi connectivity index (χ1n) is 5.55. The molecule has 1 aliphatic rings. The van der Waals surface area contributed by atoms with Gasteiger partial charge in [0.2, 0.25) is 5.91 Å². The quantitative estimate of drug-likeness (QED) is 0.653. The molecule has 2 amide bonds. The second-order valence-electron chi connectivity index (χ2n) is 4.28. The van der Waals surface area contributed by atoms with Crippen molar-refractivity contribution in [1.82, 2.24) is 15.2 Å². The third-order valence-electron chi connectivity index (χ3n) is 2.86. The number of aryl methyl sites for hydroxylation is 1. The average molecular weight is 236 g/mol. The zero-order valence-corrected chi connectivity index (χ0v) is 9.69. The summed E-state index contributed by atoms with van der Waals surface area (Å²) < 4.78 is 1.69. The molecule has 4 N–H and O–H groups in total. The van der Waals surface area contributed by atoms with E-state index in [0.717, 1.165) is 0 Å². The molecule has 1 atom stereocenters. The van der Waals surface area contributed by atoms with Gasteiger partial charge in [0.05, 0.1) is 5.69 Å². The lowest BCUT2D eigenvalue weighted by atomic mass is 10.1. The fourth-order valence-corrected chi connectivity index (χ4v) is 1.93. The van der Waals surface area contributed by atoms with E-state index in [1.165, 1.54) is 0 Å². The first kappa shape index (κ1) is 11.5. The number of carbonyl (C=O) groups excluding carboxylic acids is 2. The lowest BCUT2D eigenvalue weighted by Crippen LogP contribution is -2.48. The van der Waals surface area contributed by atoms with Crippen LogP contribution in [0.3, 0.4) is 0 Å². The molecule has 0 saturated carbocycles. The summed E-state index contributed by atoms with van der Waals surface area (Å²) in [6.45, 7) is 0.491.